The Morgan fingerprint density at radius 2 is 1.57 bits per heavy atom. The smallest absolute Gasteiger partial charge is 0.318 e. The van der Waals surface area contributed by atoms with Gasteiger partial charge in [-0.2, -0.15) is 0 Å². The van der Waals surface area contributed by atoms with Gasteiger partial charge in [0.25, 0.3) is 0 Å². The van der Waals surface area contributed by atoms with Crippen LogP contribution in [-0.4, -0.2) is 60.0 Å². The molecule has 9 nitrogen and oxygen atoms in total. The average Bonchev–Trinajstić information content (AvgIpc) is 2.75. The molecule has 30 heavy (non-hydrogen) atoms. The number of anilines is 3. The Hall–Kier alpha value is -3.62. The van der Waals surface area contributed by atoms with Crippen LogP contribution in [0.1, 0.15) is 13.8 Å². The van der Waals surface area contributed by atoms with Gasteiger partial charge in [-0.15, -0.1) is 0 Å². The van der Waals surface area contributed by atoms with Gasteiger partial charge in [0.2, 0.25) is 11.8 Å². The maximum atomic E-state index is 12.5. The minimum Gasteiger partial charge on any atom is -0.353 e. The predicted molar refractivity (Wildman–Crippen MR) is 115 cm³/mol. The Labute approximate surface area is 175 Å². The van der Waals surface area contributed by atoms with Crippen LogP contribution in [0.2, 0.25) is 0 Å². The molecule has 3 rings (SSSR count). The Kier molecular flexibility index (Phi) is 6.84. The number of hydrogen-bond acceptors (Lipinski definition) is 5. The van der Waals surface area contributed by atoms with Crippen molar-refractivity contribution in [3.05, 3.63) is 48.7 Å². The summed E-state index contributed by atoms with van der Waals surface area (Å²) in [4.78, 5) is 44.1. The van der Waals surface area contributed by atoms with Crippen molar-refractivity contribution in [3.63, 3.8) is 0 Å². The summed E-state index contributed by atoms with van der Waals surface area (Å²) in [5.74, 6) is 0.418. The number of aromatic nitrogens is 1. The molecular weight excluding hydrogens is 384 g/mol. The molecule has 2 aromatic rings. The summed E-state index contributed by atoms with van der Waals surface area (Å²) in [5.41, 5.74) is 1.23. The van der Waals surface area contributed by atoms with E-state index in [2.05, 4.69) is 25.8 Å². The highest BCUT2D eigenvalue weighted by atomic mass is 16.2. The number of pyridine rings is 1. The van der Waals surface area contributed by atoms with Crippen molar-refractivity contribution in [1.82, 2.24) is 15.2 Å². The van der Waals surface area contributed by atoms with Gasteiger partial charge in [-0.25, -0.2) is 9.78 Å². The van der Waals surface area contributed by atoms with E-state index in [1.54, 1.807) is 42.3 Å². The Balaban J connectivity index is 1.46. The molecule has 1 aromatic carbocycles. The standard InChI is InChI=1S/C21H26N6O3/c1-15(20(29)25-18-8-6-17(7-9-18)24-16(2)28)23-21(30)27-13-11-26(12-14-27)19-5-3-4-10-22-19/h3-10,15H,11-14H2,1-2H3,(H,23,30)(H,24,28)(H,25,29)/t15-/m0/s1. The fourth-order valence-electron chi connectivity index (χ4n) is 3.11. The highest BCUT2D eigenvalue weighted by Gasteiger charge is 2.24. The summed E-state index contributed by atoms with van der Waals surface area (Å²) in [6, 6.07) is 11.6. The van der Waals surface area contributed by atoms with Crippen molar-refractivity contribution in [1.29, 1.82) is 0 Å². The van der Waals surface area contributed by atoms with E-state index in [1.165, 1.54) is 6.92 Å². The first-order chi connectivity index (χ1) is 14.4. The maximum Gasteiger partial charge on any atom is 0.318 e. The molecule has 9 heteroatoms. The van der Waals surface area contributed by atoms with Gasteiger partial charge in [0, 0.05) is 50.7 Å². The first kappa shape index (κ1) is 21.1. The summed E-state index contributed by atoms with van der Waals surface area (Å²) in [6.45, 7) is 5.56. The molecule has 2 heterocycles. The molecule has 0 unspecified atom stereocenters. The number of piperazine rings is 1. The number of amides is 4. The lowest BCUT2D eigenvalue weighted by atomic mass is 10.2. The lowest BCUT2D eigenvalue weighted by molar-refractivity contribution is -0.117. The van der Waals surface area contributed by atoms with Crippen LogP contribution in [0.5, 0.6) is 0 Å². The number of carbonyl (C=O) groups is 3. The minimum atomic E-state index is -0.693. The molecule has 1 atom stereocenters. The normalized spacial score (nSPS) is 14.6. The molecule has 4 amide bonds. The van der Waals surface area contributed by atoms with Crippen LogP contribution in [0.15, 0.2) is 48.7 Å². The molecule has 0 spiro atoms. The molecule has 0 aliphatic carbocycles. The molecule has 0 saturated carbocycles. The second-order valence-corrected chi connectivity index (χ2v) is 7.08. The van der Waals surface area contributed by atoms with Crippen molar-refractivity contribution in [2.45, 2.75) is 19.9 Å². The van der Waals surface area contributed by atoms with E-state index in [9.17, 15) is 14.4 Å². The van der Waals surface area contributed by atoms with Crippen molar-refractivity contribution in [3.8, 4) is 0 Å². The number of urea groups is 1. The minimum absolute atomic E-state index is 0.163. The zero-order valence-corrected chi connectivity index (χ0v) is 17.1. The fraction of sp³-hybridized carbons (Fsp3) is 0.333. The Morgan fingerprint density at radius 1 is 0.933 bits per heavy atom. The number of nitrogens with one attached hydrogen (secondary N) is 3. The molecule has 0 bridgehead atoms. The van der Waals surface area contributed by atoms with Crippen molar-refractivity contribution >= 4 is 35.0 Å². The third-order valence-corrected chi connectivity index (χ3v) is 4.75. The molecular formula is C21H26N6O3. The first-order valence-corrected chi connectivity index (χ1v) is 9.82. The zero-order valence-electron chi connectivity index (χ0n) is 17.1. The molecule has 1 fully saturated rings. The summed E-state index contributed by atoms with van der Waals surface area (Å²) < 4.78 is 0. The van der Waals surface area contributed by atoms with Crippen LogP contribution >= 0.6 is 0 Å². The lowest BCUT2D eigenvalue weighted by Crippen LogP contribution is -2.54. The zero-order chi connectivity index (χ0) is 21.5. The SMILES string of the molecule is CC(=O)Nc1ccc(NC(=O)[C@H](C)NC(=O)N2CCN(c3ccccn3)CC2)cc1. The van der Waals surface area contributed by atoms with E-state index in [-0.39, 0.29) is 17.8 Å². The largest absolute Gasteiger partial charge is 0.353 e. The number of nitrogens with zero attached hydrogens (tertiary/aromatic N) is 3. The van der Waals surface area contributed by atoms with Crippen LogP contribution < -0.4 is 20.9 Å². The van der Waals surface area contributed by atoms with Gasteiger partial charge >= 0.3 is 6.03 Å². The summed E-state index contributed by atoms with van der Waals surface area (Å²) in [7, 11) is 0. The Morgan fingerprint density at radius 3 is 2.13 bits per heavy atom. The molecule has 1 aliphatic heterocycles. The van der Waals surface area contributed by atoms with Gasteiger partial charge < -0.3 is 25.8 Å². The maximum absolute atomic E-state index is 12.5. The Bertz CT molecular complexity index is 879. The van der Waals surface area contributed by atoms with E-state index in [0.29, 0.717) is 37.6 Å². The van der Waals surface area contributed by atoms with Gasteiger partial charge in [-0.3, -0.25) is 9.59 Å². The van der Waals surface area contributed by atoms with E-state index in [1.807, 2.05) is 18.2 Å². The summed E-state index contributed by atoms with van der Waals surface area (Å²) in [6.07, 6.45) is 1.75. The van der Waals surface area contributed by atoms with E-state index in [0.717, 1.165) is 5.82 Å². The number of carbonyl (C=O) groups excluding carboxylic acids is 3. The first-order valence-electron chi connectivity index (χ1n) is 9.82. The van der Waals surface area contributed by atoms with Gasteiger partial charge in [-0.1, -0.05) is 6.07 Å². The highest BCUT2D eigenvalue weighted by Crippen LogP contribution is 2.14. The molecule has 1 saturated heterocycles. The van der Waals surface area contributed by atoms with Crippen molar-refractivity contribution in [2.75, 3.05) is 41.7 Å². The van der Waals surface area contributed by atoms with Crippen LogP contribution in [0, 0.1) is 0 Å². The third-order valence-electron chi connectivity index (χ3n) is 4.75. The average molecular weight is 410 g/mol. The topological polar surface area (TPSA) is 107 Å². The predicted octanol–water partition coefficient (Wildman–Crippen LogP) is 1.90. The molecule has 0 radical (unpaired) electrons. The molecule has 1 aromatic heterocycles. The van der Waals surface area contributed by atoms with Crippen LogP contribution in [-0.2, 0) is 9.59 Å². The van der Waals surface area contributed by atoms with Gasteiger partial charge in [-0.05, 0) is 43.3 Å². The lowest BCUT2D eigenvalue weighted by Gasteiger charge is -2.35. The molecule has 1 aliphatic rings. The van der Waals surface area contributed by atoms with Gasteiger partial charge in [0.05, 0.1) is 0 Å². The second-order valence-electron chi connectivity index (χ2n) is 7.08. The van der Waals surface area contributed by atoms with Crippen molar-refractivity contribution < 1.29 is 14.4 Å². The molecule has 158 valence electrons. The number of hydrogen-bond donors (Lipinski definition) is 3. The van der Waals surface area contributed by atoms with Crippen LogP contribution in [0.25, 0.3) is 0 Å². The fourth-order valence-corrected chi connectivity index (χ4v) is 3.11. The van der Waals surface area contributed by atoms with Crippen LogP contribution in [0.3, 0.4) is 0 Å². The van der Waals surface area contributed by atoms with Gasteiger partial charge in [0.1, 0.15) is 11.9 Å². The summed E-state index contributed by atoms with van der Waals surface area (Å²) in [5, 5.41) is 8.17. The second kappa shape index (κ2) is 9.73. The van der Waals surface area contributed by atoms with Crippen molar-refractivity contribution in [2.24, 2.45) is 0 Å². The van der Waals surface area contributed by atoms with E-state index in [4.69, 9.17) is 0 Å². The summed E-state index contributed by atoms with van der Waals surface area (Å²) >= 11 is 0. The van der Waals surface area contributed by atoms with Gasteiger partial charge in [0.15, 0.2) is 0 Å². The quantitative estimate of drug-likeness (QED) is 0.698. The molecule has 3 N–H and O–H groups in total. The monoisotopic (exact) mass is 410 g/mol. The number of rotatable bonds is 5. The van der Waals surface area contributed by atoms with Crippen LogP contribution in [0.4, 0.5) is 22.0 Å². The van der Waals surface area contributed by atoms with E-state index < -0.39 is 6.04 Å². The third kappa shape index (κ3) is 5.69. The number of benzene rings is 1. The van der Waals surface area contributed by atoms with E-state index >= 15 is 0 Å². The highest BCUT2D eigenvalue weighted by molar-refractivity contribution is 5.97.